The number of methoxy groups -OCH3 is 2. The van der Waals surface area contributed by atoms with Crippen LogP contribution in [0.3, 0.4) is 0 Å². The molecule has 0 unspecified atom stereocenters. The number of nitrogens with one attached hydrogen (secondary N) is 2. The Morgan fingerprint density at radius 1 is 1.33 bits per heavy atom. The molecule has 1 aromatic carbocycles. The Morgan fingerprint density at radius 2 is 2.05 bits per heavy atom. The number of carbonyl (C=O) groups excluding carboxylic acids is 1. The lowest BCUT2D eigenvalue weighted by molar-refractivity contribution is -0.146. The van der Waals surface area contributed by atoms with Crippen LogP contribution in [0, 0.1) is 6.92 Å². The van der Waals surface area contributed by atoms with Crippen LogP contribution in [0.1, 0.15) is 24.0 Å². The van der Waals surface area contributed by atoms with Crippen molar-refractivity contribution in [2.45, 2.75) is 31.9 Å². The number of piperidine rings is 1. The van der Waals surface area contributed by atoms with Crippen LogP contribution < -0.4 is 15.4 Å². The summed E-state index contributed by atoms with van der Waals surface area (Å²) in [6.07, 6.45) is 1.40. The first kappa shape index (κ1) is 15.8. The Hall–Kier alpha value is -1.59. The van der Waals surface area contributed by atoms with Crippen LogP contribution in [-0.2, 0) is 16.1 Å². The molecule has 0 aromatic heterocycles. The van der Waals surface area contributed by atoms with Crippen molar-refractivity contribution in [3.05, 3.63) is 29.3 Å². The molecule has 1 aromatic rings. The summed E-state index contributed by atoms with van der Waals surface area (Å²) in [7, 11) is 3.26. The number of amides is 1. The standard InChI is InChI=1S/C16H24N2O3/c1-12-4-5-13(10-14(12)20-2)11-18-15(19)16(21-3)6-8-17-9-7-16/h4-5,10,17H,6-9,11H2,1-3H3,(H,18,19). The fourth-order valence-corrected chi connectivity index (χ4v) is 2.67. The van der Waals surface area contributed by atoms with Crippen molar-refractivity contribution in [3.63, 3.8) is 0 Å². The van der Waals surface area contributed by atoms with E-state index < -0.39 is 5.60 Å². The summed E-state index contributed by atoms with van der Waals surface area (Å²) in [5.41, 5.74) is 1.41. The van der Waals surface area contributed by atoms with E-state index in [9.17, 15) is 4.79 Å². The first-order valence-corrected chi connectivity index (χ1v) is 7.29. The maximum absolute atomic E-state index is 12.5. The first-order valence-electron chi connectivity index (χ1n) is 7.29. The van der Waals surface area contributed by atoms with E-state index in [1.54, 1.807) is 14.2 Å². The Labute approximate surface area is 126 Å². The summed E-state index contributed by atoms with van der Waals surface area (Å²) < 4.78 is 10.8. The van der Waals surface area contributed by atoms with Gasteiger partial charge in [-0.1, -0.05) is 12.1 Å². The van der Waals surface area contributed by atoms with E-state index in [0.29, 0.717) is 19.4 Å². The highest BCUT2D eigenvalue weighted by molar-refractivity contribution is 5.85. The molecule has 0 spiro atoms. The monoisotopic (exact) mass is 292 g/mol. The van der Waals surface area contributed by atoms with E-state index in [0.717, 1.165) is 30.0 Å². The highest BCUT2D eigenvalue weighted by atomic mass is 16.5. The summed E-state index contributed by atoms with van der Waals surface area (Å²) in [5.74, 6) is 0.802. The quantitative estimate of drug-likeness (QED) is 0.861. The fourth-order valence-electron chi connectivity index (χ4n) is 2.67. The van der Waals surface area contributed by atoms with Crippen LogP contribution in [0.15, 0.2) is 18.2 Å². The first-order chi connectivity index (χ1) is 10.1. The van der Waals surface area contributed by atoms with Gasteiger partial charge in [0.15, 0.2) is 0 Å². The molecule has 0 radical (unpaired) electrons. The van der Waals surface area contributed by atoms with Crippen LogP contribution in [0.25, 0.3) is 0 Å². The van der Waals surface area contributed by atoms with Crippen molar-refractivity contribution in [1.29, 1.82) is 0 Å². The maximum atomic E-state index is 12.5. The van der Waals surface area contributed by atoms with Gasteiger partial charge in [-0.2, -0.15) is 0 Å². The molecule has 0 aliphatic carbocycles. The van der Waals surface area contributed by atoms with E-state index >= 15 is 0 Å². The molecule has 1 aliphatic heterocycles. The van der Waals surface area contributed by atoms with E-state index in [4.69, 9.17) is 9.47 Å². The molecule has 1 heterocycles. The number of hydrogen-bond acceptors (Lipinski definition) is 4. The Bertz CT molecular complexity index is 496. The molecular formula is C16H24N2O3. The predicted octanol–water partition coefficient (Wildman–Crippen LogP) is 1.39. The molecule has 0 atom stereocenters. The summed E-state index contributed by atoms with van der Waals surface area (Å²) in [6.45, 7) is 4.09. The van der Waals surface area contributed by atoms with Crippen molar-refractivity contribution >= 4 is 5.91 Å². The number of carbonyl (C=O) groups is 1. The van der Waals surface area contributed by atoms with Crippen LogP contribution in [0.4, 0.5) is 0 Å². The van der Waals surface area contributed by atoms with Crippen molar-refractivity contribution in [1.82, 2.24) is 10.6 Å². The molecule has 21 heavy (non-hydrogen) atoms. The van der Waals surface area contributed by atoms with Crippen LogP contribution in [-0.4, -0.2) is 38.8 Å². The molecule has 2 rings (SSSR count). The third-order valence-corrected chi connectivity index (χ3v) is 4.14. The van der Waals surface area contributed by atoms with Gasteiger partial charge in [0.2, 0.25) is 0 Å². The van der Waals surface area contributed by atoms with Gasteiger partial charge in [0.1, 0.15) is 11.4 Å². The normalized spacial score (nSPS) is 17.3. The second-order valence-electron chi connectivity index (χ2n) is 5.44. The van der Waals surface area contributed by atoms with Gasteiger partial charge in [0.25, 0.3) is 5.91 Å². The van der Waals surface area contributed by atoms with E-state index in [2.05, 4.69) is 10.6 Å². The van der Waals surface area contributed by atoms with Gasteiger partial charge in [0, 0.05) is 13.7 Å². The Kier molecular flexibility index (Phi) is 5.20. The van der Waals surface area contributed by atoms with E-state index in [1.807, 2.05) is 25.1 Å². The molecule has 1 saturated heterocycles. The second-order valence-corrected chi connectivity index (χ2v) is 5.44. The number of ether oxygens (including phenoxy) is 2. The Balaban J connectivity index is 2.00. The lowest BCUT2D eigenvalue weighted by Gasteiger charge is -2.34. The van der Waals surface area contributed by atoms with Crippen LogP contribution in [0.5, 0.6) is 5.75 Å². The second kappa shape index (κ2) is 6.91. The summed E-state index contributed by atoms with van der Waals surface area (Å²) >= 11 is 0. The number of benzene rings is 1. The molecule has 1 amide bonds. The van der Waals surface area contributed by atoms with Crippen LogP contribution in [0.2, 0.25) is 0 Å². The summed E-state index contributed by atoms with van der Waals surface area (Å²) in [4.78, 5) is 12.5. The molecule has 5 nitrogen and oxygen atoms in total. The molecule has 0 bridgehead atoms. The summed E-state index contributed by atoms with van der Waals surface area (Å²) in [6, 6.07) is 5.95. The zero-order chi connectivity index (χ0) is 15.3. The van der Waals surface area contributed by atoms with Crippen molar-refractivity contribution in [3.8, 4) is 5.75 Å². The molecular weight excluding hydrogens is 268 g/mol. The third-order valence-electron chi connectivity index (χ3n) is 4.14. The fraction of sp³-hybridized carbons (Fsp3) is 0.562. The topological polar surface area (TPSA) is 59.6 Å². The largest absolute Gasteiger partial charge is 0.496 e. The van der Waals surface area contributed by atoms with Gasteiger partial charge >= 0.3 is 0 Å². The zero-order valence-corrected chi connectivity index (χ0v) is 13.0. The third kappa shape index (κ3) is 3.54. The Morgan fingerprint density at radius 3 is 2.67 bits per heavy atom. The van der Waals surface area contributed by atoms with Crippen molar-refractivity contribution in [2.24, 2.45) is 0 Å². The minimum Gasteiger partial charge on any atom is -0.496 e. The van der Waals surface area contributed by atoms with Gasteiger partial charge in [-0.05, 0) is 50.0 Å². The lowest BCUT2D eigenvalue weighted by Crippen LogP contribution is -2.53. The maximum Gasteiger partial charge on any atom is 0.252 e. The van der Waals surface area contributed by atoms with Gasteiger partial charge in [-0.15, -0.1) is 0 Å². The van der Waals surface area contributed by atoms with E-state index in [1.165, 1.54) is 0 Å². The lowest BCUT2D eigenvalue weighted by atomic mass is 9.91. The predicted molar refractivity (Wildman–Crippen MR) is 81.4 cm³/mol. The average Bonchev–Trinajstić information content (AvgIpc) is 2.54. The SMILES string of the molecule is COc1cc(CNC(=O)C2(OC)CCNCC2)ccc1C. The highest BCUT2D eigenvalue weighted by Gasteiger charge is 2.39. The van der Waals surface area contributed by atoms with Gasteiger partial charge in [-0.25, -0.2) is 0 Å². The zero-order valence-electron chi connectivity index (χ0n) is 13.0. The molecule has 5 heteroatoms. The molecule has 2 N–H and O–H groups in total. The van der Waals surface area contributed by atoms with Gasteiger partial charge in [-0.3, -0.25) is 4.79 Å². The molecule has 116 valence electrons. The number of rotatable bonds is 5. The average molecular weight is 292 g/mol. The van der Waals surface area contributed by atoms with Gasteiger partial charge in [0.05, 0.1) is 7.11 Å². The summed E-state index contributed by atoms with van der Waals surface area (Å²) in [5, 5.41) is 6.23. The highest BCUT2D eigenvalue weighted by Crippen LogP contribution is 2.23. The molecule has 1 fully saturated rings. The minimum atomic E-state index is -0.694. The van der Waals surface area contributed by atoms with Gasteiger partial charge < -0.3 is 20.1 Å². The smallest absolute Gasteiger partial charge is 0.252 e. The van der Waals surface area contributed by atoms with Crippen molar-refractivity contribution in [2.75, 3.05) is 27.3 Å². The van der Waals surface area contributed by atoms with Crippen molar-refractivity contribution < 1.29 is 14.3 Å². The number of aryl methyl sites for hydroxylation is 1. The molecule has 1 aliphatic rings. The molecule has 0 saturated carbocycles. The number of hydrogen-bond donors (Lipinski definition) is 2. The van der Waals surface area contributed by atoms with Crippen LogP contribution >= 0.6 is 0 Å². The minimum absolute atomic E-state index is 0.0361. The van der Waals surface area contributed by atoms with E-state index in [-0.39, 0.29) is 5.91 Å².